The highest BCUT2D eigenvalue weighted by molar-refractivity contribution is 7.99. The largest absolute Gasteiger partial charge is 0.337 e. The molecule has 2 N–H and O–H groups in total. The molecule has 0 bridgehead atoms. The van der Waals surface area contributed by atoms with Gasteiger partial charge in [0.25, 0.3) is 0 Å². The molecule has 2 rings (SSSR count). The molecule has 3 atom stereocenters. The molecule has 0 aliphatic carbocycles. The summed E-state index contributed by atoms with van der Waals surface area (Å²) in [5, 5.41) is 0. The normalized spacial score (nSPS) is 40.3. The number of amides is 1. The lowest BCUT2D eigenvalue weighted by Gasteiger charge is -2.26. The highest BCUT2D eigenvalue weighted by atomic mass is 32.2. The Morgan fingerprint density at radius 3 is 2.77 bits per heavy atom. The number of rotatable bonds is 1. The molecule has 3 unspecified atom stereocenters. The molecule has 1 amide bonds. The van der Waals surface area contributed by atoms with E-state index in [9.17, 15) is 4.79 Å². The van der Waals surface area contributed by atoms with Crippen molar-refractivity contribution in [2.24, 2.45) is 11.7 Å². The van der Waals surface area contributed by atoms with E-state index in [1.807, 2.05) is 16.7 Å². The molecule has 2 saturated heterocycles. The molecule has 0 aromatic rings. The molecular weight excluding hydrogens is 184 g/mol. The average Bonchev–Trinajstić information content (AvgIpc) is 2.62. The van der Waals surface area contributed by atoms with E-state index in [0.29, 0.717) is 12.0 Å². The fraction of sp³-hybridized carbons (Fsp3) is 0.889. The molecule has 0 spiro atoms. The van der Waals surface area contributed by atoms with Gasteiger partial charge >= 0.3 is 0 Å². The summed E-state index contributed by atoms with van der Waals surface area (Å²) in [6.45, 7) is 3.09. The number of thioether (sulfide) groups is 1. The molecule has 2 aliphatic heterocycles. The molecule has 4 heteroatoms. The zero-order valence-electron chi connectivity index (χ0n) is 7.90. The van der Waals surface area contributed by atoms with Gasteiger partial charge in [0.05, 0.1) is 6.04 Å². The lowest BCUT2D eigenvalue weighted by molar-refractivity contribution is -0.130. The zero-order chi connectivity index (χ0) is 9.42. The van der Waals surface area contributed by atoms with Crippen molar-refractivity contribution in [3.63, 3.8) is 0 Å². The predicted molar refractivity (Wildman–Crippen MR) is 54.6 cm³/mol. The highest BCUT2D eigenvalue weighted by Crippen LogP contribution is 2.30. The molecule has 3 nitrogen and oxygen atoms in total. The maximum Gasteiger partial charge on any atom is 0.239 e. The van der Waals surface area contributed by atoms with E-state index in [2.05, 4.69) is 6.92 Å². The Morgan fingerprint density at radius 1 is 1.54 bits per heavy atom. The molecule has 13 heavy (non-hydrogen) atoms. The summed E-state index contributed by atoms with van der Waals surface area (Å²) in [6.07, 6.45) is 0.840. The van der Waals surface area contributed by atoms with Crippen LogP contribution in [0, 0.1) is 5.92 Å². The van der Waals surface area contributed by atoms with E-state index in [0.717, 1.165) is 18.7 Å². The topological polar surface area (TPSA) is 46.3 Å². The maximum atomic E-state index is 11.6. The Bertz CT molecular complexity index is 222. The van der Waals surface area contributed by atoms with Crippen LogP contribution in [0.15, 0.2) is 0 Å². The first-order chi connectivity index (χ1) is 6.20. The third kappa shape index (κ3) is 1.57. The minimum atomic E-state index is -0.224. The van der Waals surface area contributed by atoms with E-state index < -0.39 is 0 Å². The number of nitrogens with zero attached hydrogens (tertiary/aromatic N) is 1. The summed E-state index contributed by atoms with van der Waals surface area (Å²) < 4.78 is 0. The van der Waals surface area contributed by atoms with Crippen molar-refractivity contribution < 1.29 is 4.79 Å². The molecule has 0 saturated carbocycles. The fourth-order valence-electron chi connectivity index (χ4n) is 2.10. The Hall–Kier alpha value is -0.220. The molecule has 0 radical (unpaired) electrons. The van der Waals surface area contributed by atoms with Crippen molar-refractivity contribution in [2.45, 2.75) is 25.4 Å². The van der Waals surface area contributed by atoms with Crippen molar-refractivity contribution in [3.05, 3.63) is 0 Å². The van der Waals surface area contributed by atoms with Crippen LogP contribution in [0.1, 0.15) is 13.3 Å². The molecule has 0 aromatic heterocycles. The van der Waals surface area contributed by atoms with Gasteiger partial charge < -0.3 is 10.6 Å². The number of carbonyl (C=O) groups is 1. The van der Waals surface area contributed by atoms with Gasteiger partial charge in [0.1, 0.15) is 0 Å². The van der Waals surface area contributed by atoms with Gasteiger partial charge in [0.15, 0.2) is 0 Å². The van der Waals surface area contributed by atoms with Crippen LogP contribution in [-0.4, -0.2) is 40.9 Å². The van der Waals surface area contributed by atoms with Gasteiger partial charge in [-0.25, -0.2) is 0 Å². The number of hydrogen-bond donors (Lipinski definition) is 1. The van der Waals surface area contributed by atoms with Crippen LogP contribution in [0.2, 0.25) is 0 Å². The second-order valence-electron chi connectivity index (χ2n) is 4.01. The summed E-state index contributed by atoms with van der Waals surface area (Å²) in [5.74, 6) is 3.09. The number of carbonyl (C=O) groups excluding carboxylic acids is 1. The summed E-state index contributed by atoms with van der Waals surface area (Å²) in [5.41, 5.74) is 5.68. The van der Waals surface area contributed by atoms with Gasteiger partial charge in [-0.2, -0.15) is 11.8 Å². The van der Waals surface area contributed by atoms with E-state index in [1.165, 1.54) is 5.75 Å². The SMILES string of the molecule is CC1CSCC1N1CCC(N)C1=O. The van der Waals surface area contributed by atoms with Crippen molar-refractivity contribution in [1.82, 2.24) is 4.90 Å². The van der Waals surface area contributed by atoms with Crippen molar-refractivity contribution in [2.75, 3.05) is 18.1 Å². The quantitative estimate of drug-likeness (QED) is 0.662. The summed E-state index contributed by atoms with van der Waals surface area (Å²) in [4.78, 5) is 13.6. The van der Waals surface area contributed by atoms with Crippen LogP contribution >= 0.6 is 11.8 Å². The summed E-state index contributed by atoms with van der Waals surface area (Å²) in [7, 11) is 0. The molecule has 74 valence electrons. The molecule has 2 fully saturated rings. The fourth-order valence-corrected chi connectivity index (χ4v) is 3.58. The second-order valence-corrected chi connectivity index (χ2v) is 5.08. The summed E-state index contributed by atoms with van der Waals surface area (Å²) in [6, 6.07) is 0.226. The van der Waals surface area contributed by atoms with E-state index >= 15 is 0 Å². The van der Waals surface area contributed by atoms with Gasteiger partial charge in [-0.05, 0) is 18.1 Å². The van der Waals surface area contributed by atoms with Crippen LogP contribution < -0.4 is 5.73 Å². The Labute approximate surface area is 83.0 Å². The first-order valence-electron chi connectivity index (χ1n) is 4.84. The molecular formula is C9H16N2OS. The monoisotopic (exact) mass is 200 g/mol. The van der Waals surface area contributed by atoms with Gasteiger partial charge in [-0.3, -0.25) is 4.79 Å². The Balaban J connectivity index is 2.04. The van der Waals surface area contributed by atoms with E-state index in [-0.39, 0.29) is 11.9 Å². The van der Waals surface area contributed by atoms with Crippen LogP contribution in [0.3, 0.4) is 0 Å². The zero-order valence-corrected chi connectivity index (χ0v) is 8.72. The Kier molecular flexibility index (Phi) is 2.51. The minimum absolute atomic E-state index is 0.166. The van der Waals surface area contributed by atoms with E-state index in [4.69, 9.17) is 5.73 Å². The van der Waals surface area contributed by atoms with Gasteiger partial charge in [0, 0.05) is 18.3 Å². The van der Waals surface area contributed by atoms with Crippen LogP contribution in [0.25, 0.3) is 0 Å². The van der Waals surface area contributed by atoms with E-state index in [1.54, 1.807) is 0 Å². The lowest BCUT2D eigenvalue weighted by atomic mass is 10.1. The Morgan fingerprint density at radius 2 is 2.31 bits per heavy atom. The van der Waals surface area contributed by atoms with Crippen molar-refractivity contribution in [3.8, 4) is 0 Å². The number of hydrogen-bond acceptors (Lipinski definition) is 3. The van der Waals surface area contributed by atoms with Crippen LogP contribution in [0.5, 0.6) is 0 Å². The third-order valence-corrected chi connectivity index (χ3v) is 4.35. The van der Waals surface area contributed by atoms with Gasteiger partial charge in [0.2, 0.25) is 5.91 Å². The molecule has 2 aliphatic rings. The lowest BCUT2D eigenvalue weighted by Crippen LogP contribution is -2.43. The van der Waals surface area contributed by atoms with Crippen molar-refractivity contribution >= 4 is 17.7 Å². The third-order valence-electron chi connectivity index (χ3n) is 3.01. The summed E-state index contributed by atoms with van der Waals surface area (Å²) >= 11 is 1.95. The van der Waals surface area contributed by atoms with Crippen molar-refractivity contribution in [1.29, 1.82) is 0 Å². The minimum Gasteiger partial charge on any atom is -0.337 e. The van der Waals surface area contributed by atoms with Crippen LogP contribution in [-0.2, 0) is 4.79 Å². The molecule has 2 heterocycles. The standard InChI is InChI=1S/C9H16N2OS/c1-6-4-13-5-8(6)11-3-2-7(10)9(11)12/h6-8H,2-5,10H2,1H3. The van der Waals surface area contributed by atoms with Gasteiger partial charge in [-0.1, -0.05) is 6.92 Å². The first-order valence-corrected chi connectivity index (χ1v) is 5.99. The maximum absolute atomic E-state index is 11.6. The molecule has 0 aromatic carbocycles. The predicted octanol–water partition coefficient (Wildman–Crippen LogP) is 0.297. The van der Waals surface area contributed by atoms with Gasteiger partial charge in [-0.15, -0.1) is 0 Å². The first kappa shape index (κ1) is 9.34. The number of likely N-dealkylation sites (tertiary alicyclic amines) is 1. The average molecular weight is 200 g/mol. The number of nitrogens with two attached hydrogens (primary N) is 1. The highest BCUT2D eigenvalue weighted by Gasteiger charge is 2.38. The smallest absolute Gasteiger partial charge is 0.239 e. The second kappa shape index (κ2) is 3.50. The van der Waals surface area contributed by atoms with Crippen LogP contribution in [0.4, 0.5) is 0 Å².